The largest absolute Gasteiger partial charge is 0.287 e. The number of aromatic nitrogens is 2. The summed E-state index contributed by atoms with van der Waals surface area (Å²) >= 11 is 22.2. The summed E-state index contributed by atoms with van der Waals surface area (Å²) in [4.78, 5) is 13.0. The lowest BCUT2D eigenvalue weighted by Gasteiger charge is -2.26. The molecule has 1 aliphatic rings. The average Bonchev–Trinajstić information content (AvgIpc) is 3.06. The van der Waals surface area contributed by atoms with Gasteiger partial charge in [-0.2, -0.15) is 5.10 Å². The normalized spacial score (nSPS) is 14.7. The van der Waals surface area contributed by atoms with Gasteiger partial charge in [0.2, 0.25) is 0 Å². The van der Waals surface area contributed by atoms with E-state index in [0.717, 1.165) is 31.5 Å². The summed E-state index contributed by atoms with van der Waals surface area (Å²) in [7, 11) is 0. The molecule has 2 heterocycles. The lowest BCUT2D eigenvalue weighted by Crippen LogP contribution is -2.45. The minimum Gasteiger partial charge on any atom is -0.283 e. The Kier molecular flexibility index (Phi) is 6.70. The lowest BCUT2D eigenvalue weighted by molar-refractivity contribution is 0.0743. The van der Waals surface area contributed by atoms with Gasteiger partial charge in [0.1, 0.15) is 0 Å². The van der Waals surface area contributed by atoms with Crippen molar-refractivity contribution >= 4 is 56.6 Å². The zero-order valence-corrected chi connectivity index (χ0v) is 19.7. The third-order valence-electron chi connectivity index (χ3n) is 4.91. The van der Waals surface area contributed by atoms with Crippen LogP contribution in [0.25, 0.3) is 16.9 Å². The molecule has 1 fully saturated rings. The van der Waals surface area contributed by atoms with E-state index in [-0.39, 0.29) is 11.6 Å². The van der Waals surface area contributed by atoms with Crippen LogP contribution in [0.2, 0.25) is 15.1 Å². The van der Waals surface area contributed by atoms with E-state index in [9.17, 15) is 4.79 Å². The molecule has 0 atom stereocenters. The van der Waals surface area contributed by atoms with Crippen LogP contribution in [0.15, 0.2) is 46.9 Å². The highest BCUT2D eigenvalue weighted by molar-refractivity contribution is 9.10. The summed E-state index contributed by atoms with van der Waals surface area (Å²) in [6.45, 7) is 1.66. The molecule has 1 N–H and O–H groups in total. The number of carbonyl (C=O) groups excluding carboxylic acids is 1. The summed E-state index contributed by atoms with van der Waals surface area (Å²) in [5.41, 5.74) is 5.38. The van der Waals surface area contributed by atoms with Crippen LogP contribution in [-0.2, 0) is 0 Å². The fourth-order valence-corrected chi connectivity index (χ4v) is 4.70. The Morgan fingerprint density at radius 2 is 1.63 bits per heavy atom. The minimum atomic E-state index is -0.275. The molecule has 3 aromatic rings. The zero-order valence-electron chi connectivity index (χ0n) is 15.8. The standard InChI is InChI=1S/C21H18BrCl3N4O/c22-18-19(21(30)27-28-10-2-1-3-11-28)26-29(17-9-8-15(24)12-16(17)25)20(18)13-4-6-14(23)7-5-13/h4-9,12H,1-3,10-11H2,(H,27,30). The fourth-order valence-electron chi connectivity index (χ4n) is 3.43. The van der Waals surface area contributed by atoms with Crippen LogP contribution in [0.3, 0.4) is 0 Å². The Balaban J connectivity index is 1.80. The topological polar surface area (TPSA) is 50.2 Å². The molecule has 0 spiro atoms. The SMILES string of the molecule is O=C(NN1CCCCC1)c1nn(-c2ccc(Cl)cc2Cl)c(-c2ccc(Cl)cc2)c1Br. The highest BCUT2D eigenvalue weighted by Crippen LogP contribution is 2.36. The number of benzene rings is 2. The third kappa shape index (κ3) is 4.53. The van der Waals surface area contributed by atoms with E-state index in [4.69, 9.17) is 34.8 Å². The molecule has 0 saturated carbocycles. The van der Waals surface area contributed by atoms with Crippen LogP contribution in [-0.4, -0.2) is 33.8 Å². The molecule has 0 radical (unpaired) electrons. The van der Waals surface area contributed by atoms with Crippen molar-refractivity contribution in [3.05, 3.63) is 67.7 Å². The molecule has 0 unspecified atom stereocenters. The molecule has 0 aliphatic carbocycles. The van der Waals surface area contributed by atoms with Crippen LogP contribution in [0.5, 0.6) is 0 Å². The first kappa shape index (κ1) is 21.7. The molecule has 0 bridgehead atoms. The van der Waals surface area contributed by atoms with Gasteiger partial charge in [-0.15, -0.1) is 0 Å². The van der Waals surface area contributed by atoms with Gasteiger partial charge in [0.15, 0.2) is 5.69 Å². The quantitative estimate of drug-likeness (QED) is 0.427. The van der Waals surface area contributed by atoms with Crippen molar-refractivity contribution in [1.82, 2.24) is 20.2 Å². The number of nitrogens with one attached hydrogen (secondary N) is 1. The average molecular weight is 529 g/mol. The lowest BCUT2D eigenvalue weighted by atomic mass is 10.1. The third-order valence-corrected chi connectivity index (χ3v) is 6.45. The summed E-state index contributed by atoms with van der Waals surface area (Å²) in [5.74, 6) is -0.275. The Bertz CT molecular complexity index is 1080. The van der Waals surface area contributed by atoms with Gasteiger partial charge >= 0.3 is 0 Å². The first-order chi connectivity index (χ1) is 14.4. The van der Waals surface area contributed by atoms with E-state index in [1.165, 1.54) is 6.42 Å². The predicted molar refractivity (Wildman–Crippen MR) is 125 cm³/mol. The molecule has 1 aromatic heterocycles. The number of halogens is 4. The van der Waals surface area contributed by atoms with Crippen LogP contribution < -0.4 is 5.43 Å². The van der Waals surface area contributed by atoms with Gasteiger partial charge in [0, 0.05) is 28.7 Å². The maximum atomic E-state index is 13.0. The highest BCUT2D eigenvalue weighted by atomic mass is 79.9. The first-order valence-corrected chi connectivity index (χ1v) is 11.4. The summed E-state index contributed by atoms with van der Waals surface area (Å²) in [6, 6.07) is 12.5. The van der Waals surface area contributed by atoms with E-state index >= 15 is 0 Å². The second kappa shape index (κ2) is 9.28. The van der Waals surface area contributed by atoms with E-state index in [1.807, 2.05) is 17.1 Å². The Labute approximate surface area is 198 Å². The van der Waals surface area contributed by atoms with E-state index in [2.05, 4.69) is 26.5 Å². The number of rotatable bonds is 4. The van der Waals surface area contributed by atoms with Gasteiger partial charge in [-0.3, -0.25) is 10.2 Å². The Morgan fingerprint density at radius 1 is 0.967 bits per heavy atom. The molecule has 4 rings (SSSR count). The monoisotopic (exact) mass is 526 g/mol. The second-order valence-electron chi connectivity index (χ2n) is 7.01. The van der Waals surface area contributed by atoms with Gasteiger partial charge < -0.3 is 0 Å². The maximum absolute atomic E-state index is 13.0. The number of carbonyl (C=O) groups is 1. The van der Waals surface area contributed by atoms with Crippen molar-refractivity contribution < 1.29 is 4.79 Å². The van der Waals surface area contributed by atoms with Crippen molar-refractivity contribution in [3.8, 4) is 16.9 Å². The van der Waals surface area contributed by atoms with Crippen molar-refractivity contribution in [2.24, 2.45) is 0 Å². The van der Waals surface area contributed by atoms with Crippen molar-refractivity contribution in [3.63, 3.8) is 0 Å². The van der Waals surface area contributed by atoms with Crippen molar-refractivity contribution in [2.75, 3.05) is 13.1 Å². The fraction of sp³-hybridized carbons (Fsp3) is 0.238. The van der Waals surface area contributed by atoms with Gasteiger partial charge in [0.05, 0.1) is 20.9 Å². The van der Waals surface area contributed by atoms with E-state index < -0.39 is 0 Å². The number of amides is 1. The molecule has 156 valence electrons. The highest BCUT2D eigenvalue weighted by Gasteiger charge is 2.26. The molecule has 9 heteroatoms. The van der Waals surface area contributed by atoms with Crippen LogP contribution in [0, 0.1) is 0 Å². The molecule has 1 aliphatic heterocycles. The molecule has 2 aromatic carbocycles. The first-order valence-electron chi connectivity index (χ1n) is 9.50. The number of hydrogen-bond acceptors (Lipinski definition) is 3. The van der Waals surface area contributed by atoms with Crippen LogP contribution in [0.1, 0.15) is 29.8 Å². The number of hydrogen-bond donors (Lipinski definition) is 1. The molecule has 5 nitrogen and oxygen atoms in total. The van der Waals surface area contributed by atoms with Crippen LogP contribution >= 0.6 is 50.7 Å². The van der Waals surface area contributed by atoms with Crippen molar-refractivity contribution in [1.29, 1.82) is 0 Å². The summed E-state index contributed by atoms with van der Waals surface area (Å²) in [5, 5.41) is 8.11. The Morgan fingerprint density at radius 3 is 2.30 bits per heavy atom. The van der Waals surface area contributed by atoms with E-state index in [0.29, 0.717) is 30.9 Å². The number of nitrogens with zero attached hydrogens (tertiary/aromatic N) is 3. The molecular weight excluding hydrogens is 511 g/mol. The van der Waals surface area contributed by atoms with Gasteiger partial charge in [-0.1, -0.05) is 53.4 Å². The predicted octanol–water partition coefficient (Wildman–Crippen LogP) is 6.39. The van der Waals surface area contributed by atoms with Crippen molar-refractivity contribution in [2.45, 2.75) is 19.3 Å². The molecule has 30 heavy (non-hydrogen) atoms. The molecule has 1 amide bonds. The van der Waals surface area contributed by atoms with Gasteiger partial charge in [-0.05, 0) is 59.1 Å². The van der Waals surface area contributed by atoms with Gasteiger partial charge in [-0.25, -0.2) is 9.69 Å². The smallest absolute Gasteiger partial charge is 0.283 e. The second-order valence-corrected chi connectivity index (χ2v) is 9.09. The number of hydrazine groups is 1. The molecule has 1 saturated heterocycles. The maximum Gasteiger partial charge on any atom is 0.287 e. The summed E-state index contributed by atoms with van der Waals surface area (Å²) < 4.78 is 2.22. The Hall–Kier alpha value is -1.57. The molecular formula is C21H18BrCl3N4O. The van der Waals surface area contributed by atoms with E-state index in [1.54, 1.807) is 35.0 Å². The summed E-state index contributed by atoms with van der Waals surface area (Å²) in [6.07, 6.45) is 3.30. The van der Waals surface area contributed by atoms with Crippen LogP contribution in [0.4, 0.5) is 0 Å². The number of piperidine rings is 1. The van der Waals surface area contributed by atoms with Gasteiger partial charge in [0.25, 0.3) is 5.91 Å². The zero-order chi connectivity index (χ0) is 21.3. The minimum absolute atomic E-state index is 0.275.